The van der Waals surface area contributed by atoms with Crippen LogP contribution in [0.15, 0.2) is 23.2 Å². The molecule has 0 saturated heterocycles. The lowest BCUT2D eigenvalue weighted by atomic mass is 10.1. The first kappa shape index (κ1) is 8.50. The van der Waals surface area contributed by atoms with E-state index in [1.165, 1.54) is 6.08 Å². The molecule has 1 aromatic carbocycles. The van der Waals surface area contributed by atoms with Crippen LogP contribution in [0.25, 0.3) is 0 Å². The van der Waals surface area contributed by atoms with E-state index in [2.05, 4.69) is 4.99 Å². The lowest BCUT2D eigenvalue weighted by Gasteiger charge is -1.99. The number of rotatable bonds is 2. The highest BCUT2D eigenvalue weighted by atomic mass is 16.3. The highest BCUT2D eigenvalue weighted by Crippen LogP contribution is 2.15. The topological polar surface area (TPSA) is 49.7 Å². The molecule has 1 aromatic rings. The number of phenols is 1. The molecule has 0 aromatic heterocycles. The zero-order valence-corrected chi connectivity index (χ0v) is 6.74. The molecule has 0 fully saturated rings. The summed E-state index contributed by atoms with van der Waals surface area (Å²) >= 11 is 0. The van der Waals surface area contributed by atoms with Crippen LogP contribution in [0.3, 0.4) is 0 Å². The molecular formula is C9H9NO2. The average Bonchev–Trinajstić information content (AvgIpc) is 1.99. The molecule has 0 heterocycles. The van der Waals surface area contributed by atoms with E-state index in [4.69, 9.17) is 5.11 Å². The molecule has 62 valence electrons. The number of isocyanates is 1. The lowest BCUT2D eigenvalue weighted by Crippen LogP contribution is -1.82. The zero-order valence-electron chi connectivity index (χ0n) is 6.74. The van der Waals surface area contributed by atoms with Gasteiger partial charge in [-0.3, -0.25) is 0 Å². The van der Waals surface area contributed by atoms with Crippen molar-refractivity contribution in [1.82, 2.24) is 0 Å². The molecule has 0 radical (unpaired) electrons. The van der Waals surface area contributed by atoms with E-state index >= 15 is 0 Å². The van der Waals surface area contributed by atoms with E-state index in [1.54, 1.807) is 12.1 Å². The summed E-state index contributed by atoms with van der Waals surface area (Å²) in [7, 11) is 0. The number of aryl methyl sites for hydroxylation is 1. The van der Waals surface area contributed by atoms with Gasteiger partial charge in [0.25, 0.3) is 0 Å². The number of aliphatic imine (C=N–C) groups is 1. The molecule has 0 spiro atoms. The van der Waals surface area contributed by atoms with Gasteiger partial charge in [0.05, 0.1) is 6.54 Å². The number of nitrogens with zero attached hydrogens (tertiary/aromatic N) is 1. The second-order valence-corrected chi connectivity index (χ2v) is 2.58. The van der Waals surface area contributed by atoms with Crippen LogP contribution in [-0.4, -0.2) is 11.2 Å². The van der Waals surface area contributed by atoms with Crippen molar-refractivity contribution in [2.45, 2.75) is 13.5 Å². The van der Waals surface area contributed by atoms with Gasteiger partial charge >= 0.3 is 0 Å². The zero-order chi connectivity index (χ0) is 8.97. The second kappa shape index (κ2) is 3.69. The molecule has 12 heavy (non-hydrogen) atoms. The largest absolute Gasteiger partial charge is 0.508 e. The Hall–Kier alpha value is -1.60. The minimum atomic E-state index is 0.200. The number of aromatic hydroxyl groups is 1. The van der Waals surface area contributed by atoms with Gasteiger partial charge in [0.2, 0.25) is 6.08 Å². The summed E-state index contributed by atoms with van der Waals surface area (Å²) in [6, 6.07) is 5.09. The van der Waals surface area contributed by atoms with Crippen molar-refractivity contribution in [2.75, 3.05) is 0 Å². The van der Waals surface area contributed by atoms with E-state index in [0.29, 0.717) is 0 Å². The van der Waals surface area contributed by atoms with Crippen molar-refractivity contribution >= 4 is 6.08 Å². The Morgan fingerprint density at radius 2 is 2.25 bits per heavy atom. The third-order valence-corrected chi connectivity index (χ3v) is 1.45. The maximum atomic E-state index is 9.79. The van der Waals surface area contributed by atoms with Crippen LogP contribution in [0.4, 0.5) is 0 Å². The van der Waals surface area contributed by atoms with Crippen LogP contribution in [0.5, 0.6) is 5.75 Å². The van der Waals surface area contributed by atoms with Crippen molar-refractivity contribution in [3.8, 4) is 5.75 Å². The van der Waals surface area contributed by atoms with Gasteiger partial charge in [-0.1, -0.05) is 6.07 Å². The monoisotopic (exact) mass is 163 g/mol. The van der Waals surface area contributed by atoms with E-state index < -0.39 is 0 Å². The van der Waals surface area contributed by atoms with Crippen LogP contribution >= 0.6 is 0 Å². The molecule has 0 aliphatic heterocycles. The Kier molecular flexibility index (Phi) is 2.62. The fraction of sp³-hybridized carbons (Fsp3) is 0.222. The number of benzene rings is 1. The minimum Gasteiger partial charge on any atom is -0.508 e. The molecule has 1 rings (SSSR count). The molecule has 0 bridgehead atoms. The molecule has 3 nitrogen and oxygen atoms in total. The average molecular weight is 163 g/mol. The molecule has 0 atom stereocenters. The van der Waals surface area contributed by atoms with E-state index in [9.17, 15) is 4.79 Å². The highest BCUT2D eigenvalue weighted by Gasteiger charge is 1.95. The van der Waals surface area contributed by atoms with E-state index in [1.807, 2.05) is 13.0 Å². The summed E-state index contributed by atoms with van der Waals surface area (Å²) < 4.78 is 0. The first-order chi connectivity index (χ1) is 5.72. The highest BCUT2D eigenvalue weighted by molar-refractivity contribution is 5.36. The van der Waals surface area contributed by atoms with E-state index in [-0.39, 0.29) is 12.3 Å². The van der Waals surface area contributed by atoms with Crippen LogP contribution in [0.1, 0.15) is 11.1 Å². The van der Waals surface area contributed by atoms with Crippen LogP contribution < -0.4 is 0 Å². The van der Waals surface area contributed by atoms with Crippen LogP contribution in [-0.2, 0) is 11.3 Å². The summed E-state index contributed by atoms with van der Waals surface area (Å²) in [5.74, 6) is 0.200. The Morgan fingerprint density at radius 3 is 2.83 bits per heavy atom. The van der Waals surface area contributed by atoms with Gasteiger partial charge in [0.15, 0.2) is 0 Å². The standard InChI is InChI=1S/C9H9NO2/c1-7-2-8(5-10-6-11)4-9(12)3-7/h2-4,12H,5H2,1H3. The van der Waals surface area contributed by atoms with Gasteiger partial charge < -0.3 is 5.11 Å². The number of carbonyl (C=O) groups excluding carboxylic acids is 1. The molecule has 0 aliphatic rings. The molecule has 0 amide bonds. The minimum absolute atomic E-state index is 0.200. The van der Waals surface area contributed by atoms with Crippen LogP contribution in [0.2, 0.25) is 0 Å². The molecular weight excluding hydrogens is 154 g/mol. The molecule has 1 N–H and O–H groups in total. The smallest absolute Gasteiger partial charge is 0.235 e. The summed E-state index contributed by atoms with van der Waals surface area (Å²) in [4.78, 5) is 13.2. The summed E-state index contributed by atoms with van der Waals surface area (Å²) in [5, 5.41) is 9.15. The lowest BCUT2D eigenvalue weighted by molar-refractivity contribution is 0.474. The summed E-state index contributed by atoms with van der Waals surface area (Å²) in [6.45, 7) is 2.15. The fourth-order valence-corrected chi connectivity index (χ4v) is 1.06. The maximum absolute atomic E-state index is 9.79. The van der Waals surface area contributed by atoms with Gasteiger partial charge in [0, 0.05) is 0 Å². The molecule has 0 aliphatic carbocycles. The summed E-state index contributed by atoms with van der Waals surface area (Å²) in [6.07, 6.45) is 1.45. The molecule has 0 unspecified atom stereocenters. The third kappa shape index (κ3) is 2.22. The van der Waals surface area contributed by atoms with Crippen molar-refractivity contribution in [1.29, 1.82) is 0 Å². The summed E-state index contributed by atoms with van der Waals surface area (Å²) in [5.41, 5.74) is 1.77. The van der Waals surface area contributed by atoms with Crippen molar-refractivity contribution in [3.05, 3.63) is 29.3 Å². The Balaban J connectivity index is 2.92. The predicted octanol–water partition coefficient (Wildman–Crippen LogP) is 1.54. The van der Waals surface area contributed by atoms with Crippen molar-refractivity contribution in [3.63, 3.8) is 0 Å². The Labute approximate surface area is 70.4 Å². The van der Waals surface area contributed by atoms with E-state index in [0.717, 1.165) is 11.1 Å². The van der Waals surface area contributed by atoms with Crippen molar-refractivity contribution in [2.24, 2.45) is 4.99 Å². The SMILES string of the molecule is Cc1cc(O)cc(CN=C=O)c1. The van der Waals surface area contributed by atoms with Crippen molar-refractivity contribution < 1.29 is 9.90 Å². The normalized spacial score (nSPS) is 9.08. The fourth-order valence-electron chi connectivity index (χ4n) is 1.06. The quantitative estimate of drug-likeness (QED) is 0.531. The van der Waals surface area contributed by atoms with Gasteiger partial charge in [-0.2, -0.15) is 0 Å². The van der Waals surface area contributed by atoms with Gasteiger partial charge in [-0.25, -0.2) is 9.79 Å². The van der Waals surface area contributed by atoms with Gasteiger partial charge in [0.1, 0.15) is 5.75 Å². The second-order valence-electron chi connectivity index (χ2n) is 2.58. The van der Waals surface area contributed by atoms with Gasteiger partial charge in [-0.15, -0.1) is 0 Å². The molecule has 0 saturated carbocycles. The predicted molar refractivity (Wildman–Crippen MR) is 44.7 cm³/mol. The number of hydrogen-bond acceptors (Lipinski definition) is 3. The first-order valence-corrected chi connectivity index (χ1v) is 3.55. The number of phenolic OH excluding ortho intramolecular Hbond substituents is 1. The Morgan fingerprint density at radius 1 is 1.50 bits per heavy atom. The Bertz CT molecular complexity index is 307. The third-order valence-electron chi connectivity index (χ3n) is 1.45. The van der Waals surface area contributed by atoms with Gasteiger partial charge in [-0.05, 0) is 30.2 Å². The maximum Gasteiger partial charge on any atom is 0.235 e. The van der Waals surface area contributed by atoms with Crippen LogP contribution in [0, 0.1) is 6.92 Å². The number of hydrogen-bond donors (Lipinski definition) is 1. The first-order valence-electron chi connectivity index (χ1n) is 3.55. The molecule has 3 heteroatoms.